The number of hydrogen-bond acceptors (Lipinski definition) is 3. The molecule has 0 bridgehead atoms. The lowest BCUT2D eigenvalue weighted by Gasteiger charge is -2.35. The van der Waals surface area contributed by atoms with Gasteiger partial charge in [0.15, 0.2) is 0 Å². The molecule has 1 aliphatic heterocycles. The van der Waals surface area contributed by atoms with Gasteiger partial charge in [-0.05, 0) is 51.2 Å². The number of likely N-dealkylation sites (tertiary alicyclic amines) is 1. The Morgan fingerprint density at radius 1 is 1.22 bits per heavy atom. The summed E-state index contributed by atoms with van der Waals surface area (Å²) in [6, 6.07) is 0.675. The number of rotatable bonds is 8. The van der Waals surface area contributed by atoms with Gasteiger partial charge in [0.05, 0.1) is 6.61 Å². The number of nitrogens with one attached hydrogen (secondary N) is 1. The first kappa shape index (κ1) is 15.9. The van der Waals surface area contributed by atoms with Gasteiger partial charge < -0.3 is 15.0 Å². The lowest BCUT2D eigenvalue weighted by molar-refractivity contribution is 0.0711. The van der Waals surface area contributed by atoms with Gasteiger partial charge in [0, 0.05) is 19.2 Å². The van der Waals surface area contributed by atoms with Gasteiger partial charge >= 0.3 is 0 Å². The van der Waals surface area contributed by atoms with Crippen LogP contribution in [0.5, 0.6) is 0 Å². The third-order valence-electron chi connectivity index (χ3n) is 3.87. The van der Waals surface area contributed by atoms with Gasteiger partial charge in [-0.2, -0.15) is 0 Å². The van der Waals surface area contributed by atoms with Crippen molar-refractivity contribution in [2.24, 2.45) is 11.8 Å². The Balaban J connectivity index is 2.08. The van der Waals surface area contributed by atoms with Crippen LogP contribution in [0.3, 0.4) is 0 Å². The number of nitrogens with zero attached hydrogens (tertiary/aromatic N) is 1. The van der Waals surface area contributed by atoms with E-state index in [0.29, 0.717) is 12.0 Å². The molecule has 1 heterocycles. The van der Waals surface area contributed by atoms with Gasteiger partial charge in [0.1, 0.15) is 0 Å². The minimum absolute atomic E-state index is 0.650. The molecule has 1 rings (SSSR count). The molecule has 0 aliphatic carbocycles. The molecule has 1 fully saturated rings. The van der Waals surface area contributed by atoms with E-state index in [4.69, 9.17) is 4.74 Å². The van der Waals surface area contributed by atoms with E-state index in [1.54, 1.807) is 0 Å². The number of ether oxygens (including phenoxy) is 1. The molecule has 1 aliphatic rings. The summed E-state index contributed by atoms with van der Waals surface area (Å²) in [6.45, 7) is 15.4. The zero-order valence-electron chi connectivity index (χ0n) is 12.7. The quantitative estimate of drug-likeness (QED) is 0.675. The van der Waals surface area contributed by atoms with Crippen LogP contribution in [0.1, 0.15) is 40.5 Å². The molecule has 0 aromatic carbocycles. The molecule has 0 saturated carbocycles. The van der Waals surface area contributed by atoms with E-state index in [1.165, 1.54) is 25.9 Å². The molecular formula is C15H32N2O. The first-order chi connectivity index (χ1) is 8.63. The minimum Gasteiger partial charge on any atom is -0.380 e. The summed E-state index contributed by atoms with van der Waals surface area (Å²) >= 11 is 0. The van der Waals surface area contributed by atoms with E-state index < -0.39 is 0 Å². The fraction of sp³-hybridized carbons (Fsp3) is 1.00. The molecule has 18 heavy (non-hydrogen) atoms. The minimum atomic E-state index is 0.650. The van der Waals surface area contributed by atoms with Crippen LogP contribution in [0.15, 0.2) is 0 Å². The van der Waals surface area contributed by atoms with E-state index >= 15 is 0 Å². The normalized spacial score (nSPS) is 20.5. The molecule has 3 nitrogen and oxygen atoms in total. The summed E-state index contributed by atoms with van der Waals surface area (Å²) in [5, 5.41) is 3.55. The van der Waals surface area contributed by atoms with E-state index in [9.17, 15) is 0 Å². The molecule has 0 aromatic heterocycles. The van der Waals surface area contributed by atoms with Crippen LogP contribution in [0.4, 0.5) is 0 Å². The maximum atomic E-state index is 5.66. The Hall–Kier alpha value is -0.120. The van der Waals surface area contributed by atoms with Crippen molar-refractivity contribution in [1.82, 2.24) is 10.2 Å². The van der Waals surface area contributed by atoms with Gasteiger partial charge in [-0.25, -0.2) is 0 Å². The van der Waals surface area contributed by atoms with Gasteiger partial charge in [0.2, 0.25) is 0 Å². The molecule has 0 spiro atoms. The molecular weight excluding hydrogens is 224 g/mol. The predicted molar refractivity (Wildman–Crippen MR) is 78.0 cm³/mol. The smallest absolute Gasteiger partial charge is 0.0593 e. The zero-order chi connectivity index (χ0) is 13.4. The fourth-order valence-corrected chi connectivity index (χ4v) is 2.68. The van der Waals surface area contributed by atoms with E-state index in [1.807, 2.05) is 0 Å². The summed E-state index contributed by atoms with van der Waals surface area (Å²) in [7, 11) is 0. The Morgan fingerprint density at radius 2 is 1.89 bits per heavy atom. The predicted octanol–water partition coefficient (Wildman–Crippen LogP) is 2.37. The second kappa shape index (κ2) is 8.89. The van der Waals surface area contributed by atoms with Gasteiger partial charge in [-0.1, -0.05) is 20.8 Å². The van der Waals surface area contributed by atoms with Crippen molar-refractivity contribution in [2.45, 2.75) is 46.6 Å². The molecule has 0 aromatic rings. The molecule has 3 heteroatoms. The van der Waals surface area contributed by atoms with Crippen LogP contribution in [0, 0.1) is 11.8 Å². The molecule has 1 unspecified atom stereocenters. The van der Waals surface area contributed by atoms with E-state index in [2.05, 4.69) is 37.9 Å². The average molecular weight is 256 g/mol. The van der Waals surface area contributed by atoms with Gasteiger partial charge in [-0.3, -0.25) is 0 Å². The highest BCUT2D eigenvalue weighted by molar-refractivity contribution is 4.79. The average Bonchev–Trinajstić information content (AvgIpc) is 2.35. The highest BCUT2D eigenvalue weighted by Crippen LogP contribution is 2.20. The largest absolute Gasteiger partial charge is 0.380 e. The lowest BCUT2D eigenvalue weighted by atomic mass is 9.90. The Kier molecular flexibility index (Phi) is 7.87. The van der Waals surface area contributed by atoms with Crippen molar-refractivity contribution in [3.63, 3.8) is 0 Å². The molecule has 0 radical (unpaired) electrons. The fourth-order valence-electron chi connectivity index (χ4n) is 2.68. The Bertz CT molecular complexity index is 201. The monoisotopic (exact) mass is 256 g/mol. The maximum absolute atomic E-state index is 5.66. The van der Waals surface area contributed by atoms with E-state index in [-0.39, 0.29) is 0 Å². The van der Waals surface area contributed by atoms with Crippen LogP contribution >= 0.6 is 0 Å². The van der Waals surface area contributed by atoms with Crippen LogP contribution in [0.2, 0.25) is 0 Å². The lowest BCUT2D eigenvalue weighted by Crippen LogP contribution is -2.42. The van der Waals surface area contributed by atoms with Crippen molar-refractivity contribution in [3.8, 4) is 0 Å². The standard InChI is InChI=1S/C15H32N2O/c1-5-16-14(4)15-6-8-17(9-7-15)10-11-18-12-13(2)3/h13-16H,5-12H2,1-4H3. The first-order valence-electron chi connectivity index (χ1n) is 7.67. The van der Waals surface area contributed by atoms with E-state index in [0.717, 1.165) is 32.2 Å². The van der Waals surface area contributed by atoms with Crippen molar-refractivity contribution >= 4 is 0 Å². The Morgan fingerprint density at radius 3 is 2.44 bits per heavy atom. The molecule has 0 amide bonds. The maximum Gasteiger partial charge on any atom is 0.0593 e. The summed E-state index contributed by atoms with van der Waals surface area (Å²) in [6.07, 6.45) is 2.66. The highest BCUT2D eigenvalue weighted by Gasteiger charge is 2.22. The van der Waals surface area contributed by atoms with Crippen molar-refractivity contribution < 1.29 is 4.74 Å². The van der Waals surface area contributed by atoms with Crippen LogP contribution < -0.4 is 5.32 Å². The SMILES string of the molecule is CCNC(C)C1CCN(CCOCC(C)C)CC1. The first-order valence-corrected chi connectivity index (χ1v) is 7.67. The molecule has 1 saturated heterocycles. The Labute approximate surface area is 113 Å². The number of hydrogen-bond donors (Lipinski definition) is 1. The second-order valence-corrected chi connectivity index (χ2v) is 5.99. The van der Waals surface area contributed by atoms with Crippen LogP contribution in [0.25, 0.3) is 0 Å². The molecule has 1 atom stereocenters. The van der Waals surface area contributed by atoms with Crippen LogP contribution in [-0.2, 0) is 4.74 Å². The van der Waals surface area contributed by atoms with Gasteiger partial charge in [0.25, 0.3) is 0 Å². The molecule has 1 N–H and O–H groups in total. The third kappa shape index (κ3) is 6.17. The van der Waals surface area contributed by atoms with Crippen molar-refractivity contribution in [2.75, 3.05) is 39.4 Å². The second-order valence-electron chi connectivity index (χ2n) is 5.99. The zero-order valence-corrected chi connectivity index (χ0v) is 12.7. The van der Waals surface area contributed by atoms with Gasteiger partial charge in [-0.15, -0.1) is 0 Å². The molecule has 108 valence electrons. The van der Waals surface area contributed by atoms with Crippen molar-refractivity contribution in [3.05, 3.63) is 0 Å². The third-order valence-corrected chi connectivity index (χ3v) is 3.87. The topological polar surface area (TPSA) is 24.5 Å². The summed E-state index contributed by atoms with van der Waals surface area (Å²) in [5.74, 6) is 1.51. The highest BCUT2D eigenvalue weighted by atomic mass is 16.5. The summed E-state index contributed by atoms with van der Waals surface area (Å²) in [5.41, 5.74) is 0. The summed E-state index contributed by atoms with van der Waals surface area (Å²) < 4.78 is 5.66. The summed E-state index contributed by atoms with van der Waals surface area (Å²) in [4.78, 5) is 2.55. The van der Waals surface area contributed by atoms with Crippen molar-refractivity contribution in [1.29, 1.82) is 0 Å². The number of piperidine rings is 1. The van der Waals surface area contributed by atoms with Crippen LogP contribution in [-0.4, -0.2) is 50.3 Å².